The highest BCUT2D eigenvalue weighted by Crippen LogP contribution is 2.60. The van der Waals surface area contributed by atoms with Gasteiger partial charge in [0.2, 0.25) is 0 Å². The van der Waals surface area contributed by atoms with Gasteiger partial charge < -0.3 is 0 Å². The lowest BCUT2D eigenvalue weighted by atomic mass is 9.50. The molecule has 4 aliphatic rings. The molecule has 72 valence electrons. The van der Waals surface area contributed by atoms with Crippen LogP contribution in [-0.4, -0.2) is 6.04 Å². The van der Waals surface area contributed by atoms with Crippen molar-refractivity contribution in [1.29, 1.82) is 0 Å². The zero-order valence-corrected chi connectivity index (χ0v) is 7.76. The van der Waals surface area contributed by atoms with Crippen LogP contribution >= 0.6 is 0 Å². The van der Waals surface area contributed by atoms with Gasteiger partial charge in [-0.2, -0.15) is 4.39 Å². The summed E-state index contributed by atoms with van der Waals surface area (Å²) < 4.78 is 13.0. The molecule has 4 bridgehead atoms. The van der Waals surface area contributed by atoms with E-state index in [1.807, 2.05) is 0 Å². The van der Waals surface area contributed by atoms with E-state index in [9.17, 15) is 9.18 Å². The second-order valence-corrected chi connectivity index (χ2v) is 5.47. The predicted molar refractivity (Wildman–Crippen MR) is 46.7 cm³/mol. The molecule has 4 rings (SSSR count). The molecule has 0 saturated heterocycles. The molecule has 0 atom stereocenters. The Hall–Kier alpha value is -0.400. The van der Waals surface area contributed by atoms with Crippen LogP contribution in [0.2, 0.25) is 0 Å². The highest BCUT2D eigenvalue weighted by atomic mass is 19.1. The molecule has 4 fully saturated rings. The van der Waals surface area contributed by atoms with Crippen LogP contribution in [0.1, 0.15) is 38.5 Å². The standard InChI is InChI=1S/C11H15FO/c12-10(13)11-4-7-1-8(5-11)3-9(2-7)6-11/h7-9H,1-6H2. The third kappa shape index (κ3) is 1.01. The van der Waals surface area contributed by atoms with Gasteiger partial charge in [-0.3, -0.25) is 4.79 Å². The van der Waals surface area contributed by atoms with Crippen LogP contribution in [-0.2, 0) is 4.79 Å². The van der Waals surface area contributed by atoms with Crippen molar-refractivity contribution in [3.05, 3.63) is 0 Å². The molecule has 0 N–H and O–H groups in total. The molecule has 0 spiro atoms. The maximum absolute atomic E-state index is 13.0. The second kappa shape index (κ2) is 2.34. The van der Waals surface area contributed by atoms with Crippen molar-refractivity contribution in [1.82, 2.24) is 0 Å². The topological polar surface area (TPSA) is 17.1 Å². The van der Waals surface area contributed by atoms with Crippen molar-refractivity contribution < 1.29 is 9.18 Å². The molecule has 0 aromatic carbocycles. The molecule has 1 nitrogen and oxygen atoms in total. The van der Waals surface area contributed by atoms with Crippen LogP contribution in [0.25, 0.3) is 0 Å². The van der Waals surface area contributed by atoms with Gasteiger partial charge in [0, 0.05) is 0 Å². The van der Waals surface area contributed by atoms with Gasteiger partial charge >= 0.3 is 6.04 Å². The van der Waals surface area contributed by atoms with Crippen LogP contribution in [0.15, 0.2) is 0 Å². The van der Waals surface area contributed by atoms with Crippen molar-refractivity contribution in [3.8, 4) is 0 Å². The van der Waals surface area contributed by atoms with E-state index in [4.69, 9.17) is 0 Å². The van der Waals surface area contributed by atoms with E-state index in [0.717, 1.165) is 19.3 Å². The van der Waals surface area contributed by atoms with Gasteiger partial charge in [0.25, 0.3) is 0 Å². The van der Waals surface area contributed by atoms with Crippen molar-refractivity contribution >= 4 is 6.04 Å². The fourth-order valence-electron chi connectivity index (χ4n) is 4.35. The van der Waals surface area contributed by atoms with Crippen molar-refractivity contribution in [3.63, 3.8) is 0 Å². The smallest absolute Gasteiger partial charge is 0.261 e. The number of halogens is 1. The Bertz CT molecular complexity index is 224. The van der Waals surface area contributed by atoms with Crippen LogP contribution in [0.5, 0.6) is 0 Å². The van der Waals surface area contributed by atoms with Gasteiger partial charge in [-0.15, -0.1) is 0 Å². The van der Waals surface area contributed by atoms with Crippen LogP contribution in [0, 0.1) is 23.2 Å². The van der Waals surface area contributed by atoms with E-state index in [1.54, 1.807) is 0 Å². The minimum atomic E-state index is -1.01. The summed E-state index contributed by atoms with van der Waals surface area (Å²) in [7, 11) is 0. The fourth-order valence-corrected chi connectivity index (χ4v) is 4.35. The van der Waals surface area contributed by atoms with E-state index >= 15 is 0 Å². The first-order chi connectivity index (χ1) is 6.18. The zero-order chi connectivity index (χ0) is 9.05. The van der Waals surface area contributed by atoms with Gasteiger partial charge in [-0.1, -0.05) is 0 Å². The lowest BCUT2D eigenvalue weighted by Crippen LogP contribution is -2.48. The summed E-state index contributed by atoms with van der Waals surface area (Å²) in [5.41, 5.74) is -0.505. The van der Waals surface area contributed by atoms with Crippen LogP contribution < -0.4 is 0 Å². The molecule has 4 saturated carbocycles. The summed E-state index contributed by atoms with van der Waals surface area (Å²) in [5.74, 6) is 2.02. The first-order valence-corrected chi connectivity index (χ1v) is 5.38. The van der Waals surface area contributed by atoms with Crippen LogP contribution in [0.3, 0.4) is 0 Å². The van der Waals surface area contributed by atoms with Gasteiger partial charge in [-0.25, -0.2) is 0 Å². The molecule has 0 unspecified atom stereocenters. The first kappa shape index (κ1) is 7.95. The summed E-state index contributed by atoms with van der Waals surface area (Å²) in [5, 5.41) is 0. The second-order valence-electron chi connectivity index (χ2n) is 5.47. The first-order valence-electron chi connectivity index (χ1n) is 5.38. The number of hydrogen-bond donors (Lipinski definition) is 0. The van der Waals surface area contributed by atoms with Gasteiger partial charge in [0.05, 0.1) is 5.41 Å². The summed E-state index contributed by atoms with van der Waals surface area (Å²) in [6.07, 6.45) is 6.38. The molecule has 0 radical (unpaired) electrons. The Balaban J connectivity index is 1.95. The molecule has 13 heavy (non-hydrogen) atoms. The van der Waals surface area contributed by atoms with Gasteiger partial charge in [0.15, 0.2) is 0 Å². The Morgan fingerprint density at radius 2 is 1.38 bits per heavy atom. The number of carbonyl (C=O) groups is 1. The highest BCUT2D eigenvalue weighted by Gasteiger charge is 2.54. The van der Waals surface area contributed by atoms with E-state index < -0.39 is 11.5 Å². The molecule has 0 aromatic rings. The molecular weight excluding hydrogens is 167 g/mol. The fraction of sp³-hybridized carbons (Fsp3) is 0.909. The maximum Gasteiger partial charge on any atom is 0.307 e. The summed E-state index contributed by atoms with van der Waals surface area (Å²) in [6, 6.07) is -1.01. The maximum atomic E-state index is 13.0. The highest BCUT2D eigenvalue weighted by molar-refractivity contribution is 5.76. The largest absolute Gasteiger partial charge is 0.307 e. The zero-order valence-electron chi connectivity index (χ0n) is 7.76. The average Bonchev–Trinajstić information content (AvgIpc) is 2.00. The SMILES string of the molecule is O=C(F)C12CC3CC(CC(C3)C1)C2. The minimum Gasteiger partial charge on any atom is -0.261 e. The van der Waals surface area contributed by atoms with E-state index in [0.29, 0.717) is 17.8 Å². The van der Waals surface area contributed by atoms with Crippen molar-refractivity contribution in [2.24, 2.45) is 23.2 Å². The number of hydrogen-bond acceptors (Lipinski definition) is 1. The minimum absolute atomic E-state index is 0.505. The third-order valence-corrected chi connectivity index (χ3v) is 4.46. The Labute approximate surface area is 77.7 Å². The summed E-state index contributed by atoms with van der Waals surface area (Å²) in [6.45, 7) is 0. The predicted octanol–water partition coefficient (Wildman–Crippen LogP) is 2.70. The average molecular weight is 182 g/mol. The van der Waals surface area contributed by atoms with Gasteiger partial charge in [-0.05, 0) is 56.3 Å². The van der Waals surface area contributed by atoms with Crippen molar-refractivity contribution in [2.75, 3.05) is 0 Å². The lowest BCUT2D eigenvalue weighted by molar-refractivity contribution is -0.155. The molecule has 0 heterocycles. The molecule has 2 heteroatoms. The molecule has 0 aromatic heterocycles. The Morgan fingerprint density at radius 3 is 1.69 bits per heavy atom. The Morgan fingerprint density at radius 1 is 1.00 bits per heavy atom. The quantitative estimate of drug-likeness (QED) is 0.570. The van der Waals surface area contributed by atoms with Crippen LogP contribution in [0.4, 0.5) is 4.39 Å². The van der Waals surface area contributed by atoms with Gasteiger partial charge in [0.1, 0.15) is 0 Å². The van der Waals surface area contributed by atoms with E-state index in [-0.39, 0.29) is 0 Å². The lowest BCUT2D eigenvalue weighted by Gasteiger charge is -2.54. The van der Waals surface area contributed by atoms with E-state index in [1.165, 1.54) is 19.3 Å². The summed E-state index contributed by atoms with van der Waals surface area (Å²) >= 11 is 0. The normalized spacial score (nSPS) is 52.5. The number of carbonyl (C=O) groups excluding carboxylic acids is 1. The Kier molecular flexibility index (Phi) is 1.43. The van der Waals surface area contributed by atoms with Crippen molar-refractivity contribution in [2.45, 2.75) is 38.5 Å². The molecule has 0 aliphatic heterocycles. The monoisotopic (exact) mass is 182 g/mol. The molecular formula is C11H15FO. The molecule has 0 amide bonds. The van der Waals surface area contributed by atoms with E-state index in [2.05, 4.69) is 0 Å². The number of rotatable bonds is 1. The third-order valence-electron chi connectivity index (χ3n) is 4.46. The summed E-state index contributed by atoms with van der Waals surface area (Å²) in [4.78, 5) is 11.0. The molecule has 4 aliphatic carbocycles.